The van der Waals surface area contributed by atoms with Crippen molar-refractivity contribution in [1.82, 2.24) is 26.1 Å². The number of nitrogens with zero attached hydrogens (tertiary/aromatic N) is 1. The number of hydrazine groups is 1. The summed E-state index contributed by atoms with van der Waals surface area (Å²) in [4.78, 5) is 42.5. The summed E-state index contributed by atoms with van der Waals surface area (Å²) in [5, 5.41) is 2.79. The maximum atomic E-state index is 13.7. The molecule has 0 atom stereocenters. The molecule has 2 aromatic carbocycles. The van der Waals surface area contributed by atoms with E-state index in [0.717, 1.165) is 0 Å². The van der Waals surface area contributed by atoms with Gasteiger partial charge in [0, 0.05) is 24.6 Å². The highest BCUT2D eigenvalue weighted by Crippen LogP contribution is 2.31. The zero-order chi connectivity index (χ0) is 28.7. The number of urea groups is 1. The minimum Gasteiger partial charge on any atom is -0.497 e. The molecule has 4 N–H and O–H groups in total. The maximum absolute atomic E-state index is 13.7. The number of ether oxygens (including phenoxy) is 2. The minimum absolute atomic E-state index is 0.0268. The molecule has 0 fully saturated rings. The van der Waals surface area contributed by atoms with Gasteiger partial charge in [-0.05, 0) is 29.8 Å². The SMILES string of the molecule is COc1ccc(CNC(=O)NNC(=O)Cc2nc(C(F)(F)F)c(Cc3ccc(Cl)c(Cl)c3)c(=O)[nH]2)c(OC)c1. The first kappa shape index (κ1) is 29.6. The molecule has 0 aliphatic heterocycles. The van der Waals surface area contributed by atoms with E-state index >= 15 is 0 Å². The highest BCUT2D eigenvalue weighted by Gasteiger charge is 2.37. The summed E-state index contributed by atoms with van der Waals surface area (Å²) in [5.41, 5.74) is 1.84. The van der Waals surface area contributed by atoms with Gasteiger partial charge in [0.05, 0.1) is 36.2 Å². The molecular formula is C24H22Cl2F3N5O5. The second kappa shape index (κ2) is 12.7. The summed E-state index contributed by atoms with van der Waals surface area (Å²) in [6.45, 7) is 0.0268. The van der Waals surface area contributed by atoms with Crippen molar-refractivity contribution >= 4 is 35.1 Å². The lowest BCUT2D eigenvalue weighted by Gasteiger charge is -2.14. The first-order valence-electron chi connectivity index (χ1n) is 11.1. The van der Waals surface area contributed by atoms with Gasteiger partial charge in [0.2, 0.25) is 5.91 Å². The second-order valence-corrected chi connectivity index (χ2v) is 8.79. The van der Waals surface area contributed by atoms with Gasteiger partial charge in [0.1, 0.15) is 17.3 Å². The average molecular weight is 588 g/mol. The predicted octanol–water partition coefficient (Wildman–Crippen LogP) is 3.78. The quantitative estimate of drug-likeness (QED) is 0.296. The Morgan fingerprint density at radius 2 is 1.77 bits per heavy atom. The van der Waals surface area contributed by atoms with Crippen LogP contribution in [0.2, 0.25) is 10.0 Å². The Morgan fingerprint density at radius 3 is 2.41 bits per heavy atom. The van der Waals surface area contributed by atoms with Crippen LogP contribution in [0.25, 0.3) is 0 Å². The van der Waals surface area contributed by atoms with E-state index in [-0.39, 0.29) is 16.6 Å². The molecule has 1 heterocycles. The molecule has 3 rings (SSSR count). The lowest BCUT2D eigenvalue weighted by Crippen LogP contribution is -2.47. The Hall–Kier alpha value is -3.97. The van der Waals surface area contributed by atoms with Crippen molar-refractivity contribution < 1.29 is 32.2 Å². The van der Waals surface area contributed by atoms with E-state index in [1.54, 1.807) is 18.2 Å². The smallest absolute Gasteiger partial charge is 0.433 e. The highest BCUT2D eigenvalue weighted by atomic mass is 35.5. The molecule has 0 unspecified atom stereocenters. The summed E-state index contributed by atoms with van der Waals surface area (Å²) in [7, 11) is 2.94. The Balaban J connectivity index is 1.64. The van der Waals surface area contributed by atoms with Gasteiger partial charge in [-0.1, -0.05) is 29.3 Å². The standard InChI is InChI=1S/C24H22Cl2F3N5O5/c1-38-14-5-4-13(18(9-14)39-2)11-30-23(37)34-33-20(35)10-19-31-21(24(27,28)29)15(22(36)32-19)7-12-3-6-16(25)17(26)8-12/h3-6,8-9H,7,10-11H2,1-2H3,(H,33,35)(H2,30,34,37)(H,31,32,36). The molecule has 0 aliphatic carbocycles. The number of alkyl halides is 3. The highest BCUT2D eigenvalue weighted by molar-refractivity contribution is 6.42. The molecule has 15 heteroatoms. The number of benzene rings is 2. The fourth-order valence-electron chi connectivity index (χ4n) is 3.42. The van der Waals surface area contributed by atoms with Crippen LogP contribution < -0.4 is 31.2 Å². The van der Waals surface area contributed by atoms with E-state index in [1.807, 2.05) is 5.43 Å². The molecule has 0 radical (unpaired) electrons. The Bertz CT molecular complexity index is 1430. The fraction of sp³-hybridized carbons (Fsp3) is 0.250. The summed E-state index contributed by atoms with van der Waals surface area (Å²) in [5.74, 6) is -0.472. The normalized spacial score (nSPS) is 11.1. The number of H-pyrrole nitrogens is 1. The van der Waals surface area contributed by atoms with Gasteiger partial charge >= 0.3 is 12.2 Å². The van der Waals surface area contributed by atoms with Crippen LogP contribution in [-0.2, 0) is 30.4 Å². The molecule has 0 saturated heterocycles. The van der Waals surface area contributed by atoms with Crippen molar-refractivity contribution in [2.24, 2.45) is 0 Å². The number of nitrogens with one attached hydrogen (secondary N) is 4. The Morgan fingerprint density at radius 1 is 1.03 bits per heavy atom. The van der Waals surface area contributed by atoms with Crippen LogP contribution in [0.5, 0.6) is 11.5 Å². The van der Waals surface area contributed by atoms with Crippen LogP contribution >= 0.6 is 23.2 Å². The van der Waals surface area contributed by atoms with E-state index in [2.05, 4.69) is 20.7 Å². The number of halogens is 5. The van der Waals surface area contributed by atoms with Crippen molar-refractivity contribution in [2.75, 3.05) is 14.2 Å². The molecule has 1 aromatic heterocycles. The molecule has 3 amide bonds. The number of methoxy groups -OCH3 is 2. The van der Waals surface area contributed by atoms with Crippen LogP contribution in [0.4, 0.5) is 18.0 Å². The molecule has 0 bridgehead atoms. The second-order valence-electron chi connectivity index (χ2n) is 7.97. The van der Waals surface area contributed by atoms with Gasteiger partial charge in [-0.25, -0.2) is 15.2 Å². The number of hydrogen-bond acceptors (Lipinski definition) is 6. The third-order valence-electron chi connectivity index (χ3n) is 5.28. The molecule has 0 saturated carbocycles. The molecule has 10 nitrogen and oxygen atoms in total. The van der Waals surface area contributed by atoms with E-state index in [1.165, 1.54) is 32.4 Å². The molecule has 3 aromatic rings. The summed E-state index contributed by atoms with van der Waals surface area (Å²) < 4.78 is 51.5. The van der Waals surface area contributed by atoms with E-state index in [9.17, 15) is 27.6 Å². The topological polar surface area (TPSA) is 134 Å². The van der Waals surface area contributed by atoms with Crippen LogP contribution in [0.15, 0.2) is 41.2 Å². The molecule has 208 valence electrons. The molecule has 0 spiro atoms. The molecular weight excluding hydrogens is 566 g/mol. The van der Waals surface area contributed by atoms with E-state index < -0.39 is 53.6 Å². The lowest BCUT2D eigenvalue weighted by molar-refractivity contribution is -0.142. The van der Waals surface area contributed by atoms with Crippen LogP contribution in [0.1, 0.15) is 28.2 Å². The van der Waals surface area contributed by atoms with Crippen molar-refractivity contribution in [3.8, 4) is 11.5 Å². The lowest BCUT2D eigenvalue weighted by atomic mass is 10.0. The van der Waals surface area contributed by atoms with Gasteiger partial charge in [-0.15, -0.1) is 0 Å². The van der Waals surface area contributed by atoms with Gasteiger partial charge in [0.15, 0.2) is 5.69 Å². The van der Waals surface area contributed by atoms with Crippen molar-refractivity contribution in [3.63, 3.8) is 0 Å². The monoisotopic (exact) mass is 587 g/mol. The Kier molecular flexibility index (Phi) is 9.65. The van der Waals surface area contributed by atoms with Gasteiger partial charge < -0.3 is 19.8 Å². The molecule has 39 heavy (non-hydrogen) atoms. The first-order valence-corrected chi connectivity index (χ1v) is 11.8. The summed E-state index contributed by atoms with van der Waals surface area (Å²) in [6.07, 6.45) is -6.16. The maximum Gasteiger partial charge on any atom is 0.433 e. The minimum atomic E-state index is -4.98. The number of aromatic nitrogens is 2. The molecule has 0 aliphatic rings. The zero-order valence-electron chi connectivity index (χ0n) is 20.5. The van der Waals surface area contributed by atoms with Crippen LogP contribution in [-0.4, -0.2) is 36.1 Å². The van der Waals surface area contributed by atoms with Crippen LogP contribution in [0.3, 0.4) is 0 Å². The Labute approximate surface area is 229 Å². The van der Waals surface area contributed by atoms with E-state index in [0.29, 0.717) is 22.6 Å². The van der Waals surface area contributed by atoms with Crippen molar-refractivity contribution in [2.45, 2.75) is 25.6 Å². The number of hydrogen-bond donors (Lipinski definition) is 4. The predicted molar refractivity (Wildman–Crippen MR) is 136 cm³/mol. The zero-order valence-corrected chi connectivity index (χ0v) is 22.0. The summed E-state index contributed by atoms with van der Waals surface area (Å²) in [6, 6.07) is 8.30. The first-order chi connectivity index (χ1) is 18.4. The van der Waals surface area contributed by atoms with Crippen molar-refractivity contribution in [1.29, 1.82) is 0 Å². The fourth-order valence-corrected chi connectivity index (χ4v) is 3.74. The largest absolute Gasteiger partial charge is 0.497 e. The third-order valence-corrected chi connectivity index (χ3v) is 6.01. The van der Waals surface area contributed by atoms with Gasteiger partial charge in [-0.3, -0.25) is 15.0 Å². The van der Waals surface area contributed by atoms with Crippen LogP contribution in [0, 0.1) is 0 Å². The average Bonchev–Trinajstić information content (AvgIpc) is 2.88. The number of carbonyl (C=O) groups is 2. The van der Waals surface area contributed by atoms with Gasteiger partial charge in [-0.2, -0.15) is 13.2 Å². The summed E-state index contributed by atoms with van der Waals surface area (Å²) >= 11 is 11.7. The number of amides is 3. The van der Waals surface area contributed by atoms with Crippen molar-refractivity contribution in [3.05, 3.63) is 85.0 Å². The number of aromatic amines is 1. The van der Waals surface area contributed by atoms with Gasteiger partial charge in [0.25, 0.3) is 5.56 Å². The number of carbonyl (C=O) groups excluding carboxylic acids is 2. The number of rotatable bonds is 8. The van der Waals surface area contributed by atoms with E-state index in [4.69, 9.17) is 32.7 Å². The third kappa shape index (κ3) is 8.01.